The summed E-state index contributed by atoms with van der Waals surface area (Å²) in [5.41, 5.74) is 11.7. The van der Waals surface area contributed by atoms with E-state index in [2.05, 4.69) is 182 Å². The van der Waals surface area contributed by atoms with Crippen LogP contribution in [0.15, 0.2) is 182 Å². The molecule has 2 heteroatoms. The van der Waals surface area contributed by atoms with Crippen molar-refractivity contribution in [2.24, 2.45) is 0 Å². The standard InChI is InChI=1S/C52H30O2/c1-3-9-33-27-37(17-15-31(33)7-1)39-21-23-43-45-29-35(19-25-47(45)53-49-13-5-11-41(39)51(43)49)36-20-26-48-46(30-36)44-24-22-40(42-12-6-14-50(54-48)52(42)44)38-18-16-32-8-2-4-10-34(32)28-38/h1-30H. The van der Waals surface area contributed by atoms with Crippen LogP contribution in [-0.2, 0) is 0 Å². The van der Waals surface area contributed by atoms with Gasteiger partial charge in [-0.1, -0.05) is 133 Å². The average molecular weight is 687 g/mol. The molecule has 0 aromatic heterocycles. The summed E-state index contributed by atoms with van der Waals surface area (Å²) in [6.07, 6.45) is 0. The summed E-state index contributed by atoms with van der Waals surface area (Å²) in [5.74, 6) is 3.54. The Labute approximate surface area is 312 Å². The fraction of sp³-hybridized carbons (Fsp3) is 0. The summed E-state index contributed by atoms with van der Waals surface area (Å²) in [6.45, 7) is 0. The van der Waals surface area contributed by atoms with Gasteiger partial charge in [0.1, 0.15) is 23.0 Å². The summed E-state index contributed by atoms with van der Waals surface area (Å²) in [4.78, 5) is 0. The second kappa shape index (κ2) is 11.2. The van der Waals surface area contributed by atoms with Crippen molar-refractivity contribution >= 4 is 43.1 Å². The molecule has 0 bridgehead atoms. The van der Waals surface area contributed by atoms with Gasteiger partial charge in [0.2, 0.25) is 0 Å². The molecule has 0 spiro atoms. The first-order chi connectivity index (χ1) is 26.7. The average Bonchev–Trinajstić information content (AvgIpc) is 3.23. The van der Waals surface area contributed by atoms with Gasteiger partial charge in [0, 0.05) is 21.9 Å². The SMILES string of the molecule is c1ccc2cc(-c3ccc4c5c(cccc35)Oc3ccc(-c5ccc6c(c5)-c5ccc(-c7ccc8ccccc8c7)c7cccc(c57)O6)cc3-4)ccc2c1. The van der Waals surface area contributed by atoms with Crippen molar-refractivity contribution < 1.29 is 9.47 Å². The van der Waals surface area contributed by atoms with Crippen LogP contribution in [0.2, 0.25) is 0 Å². The van der Waals surface area contributed by atoms with E-state index in [0.29, 0.717) is 0 Å². The molecule has 2 nitrogen and oxygen atoms in total. The molecule has 0 saturated carbocycles. The maximum absolute atomic E-state index is 6.62. The molecule has 0 fully saturated rings. The number of hydrogen-bond acceptors (Lipinski definition) is 2. The molecule has 10 aromatic rings. The molecule has 2 aliphatic heterocycles. The third-order valence-corrected chi connectivity index (χ3v) is 11.4. The monoisotopic (exact) mass is 686 g/mol. The van der Waals surface area contributed by atoms with E-state index in [1.54, 1.807) is 0 Å². The second-order valence-electron chi connectivity index (χ2n) is 14.4. The van der Waals surface area contributed by atoms with Gasteiger partial charge in [-0.15, -0.1) is 0 Å². The van der Waals surface area contributed by atoms with Crippen LogP contribution in [0, 0.1) is 0 Å². The number of rotatable bonds is 3. The van der Waals surface area contributed by atoms with Gasteiger partial charge in [0.05, 0.1) is 0 Å². The highest BCUT2D eigenvalue weighted by molar-refractivity contribution is 6.12. The smallest absolute Gasteiger partial charge is 0.135 e. The first kappa shape index (κ1) is 29.4. The normalized spacial score (nSPS) is 12.4. The molecule has 0 unspecified atom stereocenters. The van der Waals surface area contributed by atoms with Crippen LogP contribution >= 0.6 is 0 Å². The van der Waals surface area contributed by atoms with E-state index in [0.717, 1.165) is 56.0 Å². The third-order valence-electron chi connectivity index (χ3n) is 11.4. The van der Waals surface area contributed by atoms with E-state index in [4.69, 9.17) is 9.47 Å². The fourth-order valence-corrected chi connectivity index (χ4v) is 8.84. The van der Waals surface area contributed by atoms with Crippen molar-refractivity contribution in [1.82, 2.24) is 0 Å². The number of ether oxygens (including phenoxy) is 2. The second-order valence-corrected chi connectivity index (χ2v) is 14.4. The lowest BCUT2D eigenvalue weighted by Crippen LogP contribution is -1.99. The Kier molecular flexibility index (Phi) is 6.09. The minimum Gasteiger partial charge on any atom is -0.456 e. The Morgan fingerprint density at radius 2 is 0.667 bits per heavy atom. The number of hydrogen-bond donors (Lipinski definition) is 0. The Morgan fingerprint density at radius 3 is 1.15 bits per heavy atom. The maximum atomic E-state index is 6.62. The highest BCUT2D eigenvalue weighted by Gasteiger charge is 2.25. The zero-order valence-electron chi connectivity index (χ0n) is 29.1. The third kappa shape index (κ3) is 4.34. The largest absolute Gasteiger partial charge is 0.456 e. The maximum Gasteiger partial charge on any atom is 0.135 e. The molecule has 0 atom stereocenters. The van der Waals surface area contributed by atoms with Gasteiger partial charge in [-0.2, -0.15) is 0 Å². The van der Waals surface area contributed by atoms with E-state index >= 15 is 0 Å². The van der Waals surface area contributed by atoms with Crippen LogP contribution in [0.4, 0.5) is 0 Å². The van der Waals surface area contributed by atoms with E-state index in [9.17, 15) is 0 Å². The molecular weight excluding hydrogens is 657 g/mol. The van der Waals surface area contributed by atoms with Crippen LogP contribution < -0.4 is 9.47 Å². The van der Waals surface area contributed by atoms with Gasteiger partial charge in [0.15, 0.2) is 0 Å². The van der Waals surface area contributed by atoms with Crippen molar-refractivity contribution in [2.75, 3.05) is 0 Å². The molecule has 12 rings (SSSR count). The molecule has 10 aromatic carbocycles. The first-order valence-corrected chi connectivity index (χ1v) is 18.5. The van der Waals surface area contributed by atoms with Crippen LogP contribution in [0.1, 0.15) is 0 Å². The molecule has 250 valence electrons. The van der Waals surface area contributed by atoms with E-state index in [1.165, 1.54) is 65.7 Å². The minimum absolute atomic E-state index is 0.874. The van der Waals surface area contributed by atoms with Gasteiger partial charge in [-0.05, 0) is 125 Å². The molecule has 0 aliphatic carbocycles. The molecular formula is C52H30O2. The van der Waals surface area contributed by atoms with Crippen LogP contribution in [0.5, 0.6) is 23.0 Å². The van der Waals surface area contributed by atoms with Gasteiger partial charge < -0.3 is 9.47 Å². The summed E-state index contributed by atoms with van der Waals surface area (Å²) in [6, 6.07) is 65.6. The van der Waals surface area contributed by atoms with Gasteiger partial charge in [-0.3, -0.25) is 0 Å². The zero-order chi connectivity index (χ0) is 35.3. The topological polar surface area (TPSA) is 18.5 Å². The summed E-state index contributed by atoms with van der Waals surface area (Å²) in [5, 5.41) is 9.65. The van der Waals surface area contributed by atoms with Crippen LogP contribution in [-0.4, -0.2) is 0 Å². The van der Waals surface area contributed by atoms with Crippen molar-refractivity contribution in [1.29, 1.82) is 0 Å². The zero-order valence-corrected chi connectivity index (χ0v) is 29.1. The predicted molar refractivity (Wildman–Crippen MR) is 224 cm³/mol. The Hall–Kier alpha value is -7.16. The van der Waals surface area contributed by atoms with E-state index in [-0.39, 0.29) is 0 Å². The quantitative estimate of drug-likeness (QED) is 0.184. The summed E-state index contributed by atoms with van der Waals surface area (Å²) in [7, 11) is 0. The molecule has 0 N–H and O–H groups in total. The predicted octanol–water partition coefficient (Wildman–Crippen LogP) is 14.8. The number of fused-ring (bicyclic) bond motifs is 6. The van der Waals surface area contributed by atoms with E-state index < -0.39 is 0 Å². The van der Waals surface area contributed by atoms with Crippen LogP contribution in [0.25, 0.3) is 98.7 Å². The fourth-order valence-electron chi connectivity index (χ4n) is 8.84. The Balaban J connectivity index is 0.968. The van der Waals surface area contributed by atoms with E-state index in [1.807, 2.05) is 0 Å². The highest BCUT2D eigenvalue weighted by atomic mass is 16.5. The lowest BCUT2D eigenvalue weighted by Gasteiger charge is -2.24. The van der Waals surface area contributed by atoms with Gasteiger partial charge in [0.25, 0.3) is 0 Å². The summed E-state index contributed by atoms with van der Waals surface area (Å²) < 4.78 is 13.2. The van der Waals surface area contributed by atoms with Crippen molar-refractivity contribution in [3.63, 3.8) is 0 Å². The first-order valence-electron chi connectivity index (χ1n) is 18.5. The Morgan fingerprint density at radius 1 is 0.241 bits per heavy atom. The summed E-state index contributed by atoms with van der Waals surface area (Å²) >= 11 is 0. The van der Waals surface area contributed by atoms with Crippen molar-refractivity contribution in [3.05, 3.63) is 182 Å². The Bertz CT molecular complexity index is 3010. The highest BCUT2D eigenvalue weighted by Crippen LogP contribution is 2.52. The number of benzene rings is 10. The molecule has 2 heterocycles. The molecule has 0 radical (unpaired) electrons. The lowest BCUT2D eigenvalue weighted by atomic mass is 9.87. The minimum atomic E-state index is 0.874. The van der Waals surface area contributed by atoms with Gasteiger partial charge in [-0.25, -0.2) is 0 Å². The lowest BCUT2D eigenvalue weighted by molar-refractivity contribution is 0.486. The van der Waals surface area contributed by atoms with Crippen molar-refractivity contribution in [3.8, 4) is 78.6 Å². The molecule has 54 heavy (non-hydrogen) atoms. The molecule has 2 aliphatic rings. The van der Waals surface area contributed by atoms with Crippen LogP contribution in [0.3, 0.4) is 0 Å². The molecule has 0 saturated heterocycles. The molecule has 0 amide bonds. The van der Waals surface area contributed by atoms with Gasteiger partial charge >= 0.3 is 0 Å². The van der Waals surface area contributed by atoms with Crippen molar-refractivity contribution in [2.45, 2.75) is 0 Å².